The minimum absolute atomic E-state index is 1.21. The third kappa shape index (κ3) is 2.47. The second-order valence-corrected chi connectivity index (χ2v) is 5.27. The van der Waals surface area contributed by atoms with Crippen LogP contribution in [0.15, 0.2) is 24.3 Å². The molecule has 0 N–H and O–H groups in total. The molecule has 1 aromatic rings. The van der Waals surface area contributed by atoms with Crippen molar-refractivity contribution in [2.45, 2.75) is 25.7 Å². The number of benzene rings is 1. The highest BCUT2D eigenvalue weighted by molar-refractivity contribution is 5.55. The second-order valence-electron chi connectivity index (χ2n) is 5.27. The van der Waals surface area contributed by atoms with Crippen LogP contribution >= 0.6 is 0 Å². The van der Waals surface area contributed by atoms with Gasteiger partial charge in [-0.1, -0.05) is 18.2 Å². The van der Waals surface area contributed by atoms with Crippen molar-refractivity contribution in [2.24, 2.45) is 0 Å². The lowest BCUT2D eigenvalue weighted by Crippen LogP contribution is -2.36. The van der Waals surface area contributed by atoms with E-state index in [1.165, 1.54) is 64.1 Å². The zero-order valence-electron chi connectivity index (χ0n) is 10.6. The van der Waals surface area contributed by atoms with Gasteiger partial charge in [-0.05, 0) is 50.4 Å². The Kier molecular flexibility index (Phi) is 3.32. The average molecular weight is 230 g/mol. The van der Waals surface area contributed by atoms with E-state index in [1.54, 1.807) is 5.56 Å². The van der Waals surface area contributed by atoms with Gasteiger partial charge in [-0.25, -0.2) is 0 Å². The van der Waals surface area contributed by atoms with Crippen LogP contribution in [0.1, 0.15) is 24.8 Å². The summed E-state index contributed by atoms with van der Waals surface area (Å²) in [4.78, 5) is 5.19. The van der Waals surface area contributed by atoms with Gasteiger partial charge in [0.25, 0.3) is 0 Å². The molecule has 0 aromatic heterocycles. The Bertz CT molecular complexity index is 369. The van der Waals surface area contributed by atoms with Crippen LogP contribution in [0.2, 0.25) is 0 Å². The zero-order valence-corrected chi connectivity index (χ0v) is 10.6. The highest BCUT2D eigenvalue weighted by atomic mass is 15.2. The summed E-state index contributed by atoms with van der Waals surface area (Å²) in [5.41, 5.74) is 3.03. The minimum Gasteiger partial charge on any atom is -0.370 e. The Morgan fingerprint density at radius 2 is 1.71 bits per heavy atom. The molecule has 2 aliphatic heterocycles. The molecule has 0 unspecified atom stereocenters. The van der Waals surface area contributed by atoms with Gasteiger partial charge in [0.2, 0.25) is 0 Å². The largest absolute Gasteiger partial charge is 0.370 e. The van der Waals surface area contributed by atoms with E-state index in [1.807, 2.05) is 0 Å². The van der Waals surface area contributed by atoms with Crippen LogP contribution in [0, 0.1) is 0 Å². The highest BCUT2D eigenvalue weighted by Gasteiger charge is 2.17. The van der Waals surface area contributed by atoms with Gasteiger partial charge in [0.15, 0.2) is 0 Å². The van der Waals surface area contributed by atoms with Crippen molar-refractivity contribution in [3.05, 3.63) is 29.8 Å². The molecule has 0 atom stereocenters. The lowest BCUT2D eigenvalue weighted by molar-refractivity contribution is 0.343. The number of fused-ring (bicyclic) bond motifs is 1. The maximum absolute atomic E-state index is 2.61. The molecule has 2 heterocycles. The Morgan fingerprint density at radius 1 is 0.882 bits per heavy atom. The predicted octanol–water partition coefficient (Wildman–Crippen LogP) is 2.54. The van der Waals surface area contributed by atoms with Crippen LogP contribution in [-0.4, -0.2) is 37.6 Å². The lowest BCUT2D eigenvalue weighted by atomic mass is 10.0. The monoisotopic (exact) mass is 230 g/mol. The van der Waals surface area contributed by atoms with E-state index >= 15 is 0 Å². The van der Waals surface area contributed by atoms with Gasteiger partial charge < -0.3 is 9.80 Å². The molecule has 1 fully saturated rings. The Balaban J connectivity index is 1.64. The lowest BCUT2D eigenvalue weighted by Gasteiger charge is -2.32. The first-order valence-electron chi connectivity index (χ1n) is 6.99. The van der Waals surface area contributed by atoms with Crippen LogP contribution in [0.4, 0.5) is 5.69 Å². The maximum Gasteiger partial charge on any atom is 0.0399 e. The number of rotatable bonds is 3. The molecular weight excluding hydrogens is 208 g/mol. The van der Waals surface area contributed by atoms with E-state index < -0.39 is 0 Å². The van der Waals surface area contributed by atoms with Crippen LogP contribution in [0.3, 0.4) is 0 Å². The number of para-hydroxylation sites is 1. The first-order chi connectivity index (χ1) is 8.43. The zero-order chi connectivity index (χ0) is 11.5. The molecule has 17 heavy (non-hydrogen) atoms. The summed E-state index contributed by atoms with van der Waals surface area (Å²) in [6, 6.07) is 8.92. The SMILES string of the molecule is c1ccc2c(c1)CCCN2CCN1CCCC1. The van der Waals surface area contributed by atoms with Gasteiger partial charge in [-0.15, -0.1) is 0 Å². The maximum atomic E-state index is 2.61. The van der Waals surface area contributed by atoms with E-state index in [4.69, 9.17) is 0 Å². The summed E-state index contributed by atoms with van der Waals surface area (Å²) in [7, 11) is 0. The summed E-state index contributed by atoms with van der Waals surface area (Å²) in [6.07, 6.45) is 5.38. The van der Waals surface area contributed by atoms with Crippen molar-refractivity contribution < 1.29 is 0 Å². The van der Waals surface area contributed by atoms with Gasteiger partial charge in [0.1, 0.15) is 0 Å². The second kappa shape index (κ2) is 5.09. The number of hydrogen-bond donors (Lipinski definition) is 0. The number of hydrogen-bond acceptors (Lipinski definition) is 2. The molecule has 0 amide bonds. The Labute approximate surface area is 104 Å². The predicted molar refractivity (Wildman–Crippen MR) is 72.7 cm³/mol. The van der Waals surface area contributed by atoms with Crippen molar-refractivity contribution in [2.75, 3.05) is 37.6 Å². The van der Waals surface area contributed by atoms with Gasteiger partial charge in [0, 0.05) is 25.3 Å². The first kappa shape index (κ1) is 11.1. The standard InChI is InChI=1S/C15H22N2/c1-2-8-15-14(6-1)7-5-11-17(15)13-12-16-9-3-4-10-16/h1-2,6,8H,3-5,7,9-13H2. The van der Waals surface area contributed by atoms with Gasteiger partial charge in [-0.3, -0.25) is 0 Å². The third-order valence-corrected chi connectivity index (χ3v) is 4.09. The Morgan fingerprint density at radius 3 is 2.59 bits per heavy atom. The molecule has 3 rings (SSSR count). The summed E-state index contributed by atoms with van der Waals surface area (Å²) in [6.45, 7) is 6.32. The van der Waals surface area contributed by atoms with Crippen molar-refractivity contribution in [1.29, 1.82) is 0 Å². The van der Waals surface area contributed by atoms with E-state index in [0.29, 0.717) is 0 Å². The Hall–Kier alpha value is -1.02. The van der Waals surface area contributed by atoms with Crippen LogP contribution in [-0.2, 0) is 6.42 Å². The molecule has 2 nitrogen and oxygen atoms in total. The number of nitrogens with zero attached hydrogens (tertiary/aromatic N) is 2. The number of aryl methyl sites for hydroxylation is 1. The fourth-order valence-electron chi connectivity index (χ4n) is 3.11. The molecule has 0 radical (unpaired) electrons. The summed E-state index contributed by atoms with van der Waals surface area (Å²) < 4.78 is 0. The summed E-state index contributed by atoms with van der Waals surface area (Å²) in [5.74, 6) is 0. The summed E-state index contributed by atoms with van der Waals surface area (Å²) >= 11 is 0. The molecule has 2 heteroatoms. The average Bonchev–Trinajstić information content (AvgIpc) is 2.89. The molecule has 0 aliphatic carbocycles. The quantitative estimate of drug-likeness (QED) is 0.787. The molecule has 2 aliphatic rings. The van der Waals surface area contributed by atoms with E-state index in [-0.39, 0.29) is 0 Å². The van der Waals surface area contributed by atoms with Gasteiger partial charge in [0.05, 0.1) is 0 Å². The molecular formula is C15H22N2. The van der Waals surface area contributed by atoms with Crippen LogP contribution in [0.25, 0.3) is 0 Å². The van der Waals surface area contributed by atoms with E-state index in [0.717, 1.165) is 0 Å². The summed E-state index contributed by atoms with van der Waals surface area (Å²) in [5, 5.41) is 0. The molecule has 92 valence electrons. The fourth-order valence-corrected chi connectivity index (χ4v) is 3.11. The first-order valence-corrected chi connectivity index (χ1v) is 6.99. The van der Waals surface area contributed by atoms with Crippen molar-refractivity contribution in [1.82, 2.24) is 4.90 Å². The smallest absolute Gasteiger partial charge is 0.0399 e. The normalized spacial score (nSPS) is 20.6. The molecule has 0 saturated carbocycles. The molecule has 1 saturated heterocycles. The topological polar surface area (TPSA) is 6.48 Å². The van der Waals surface area contributed by atoms with Crippen molar-refractivity contribution in [3.8, 4) is 0 Å². The van der Waals surface area contributed by atoms with Crippen LogP contribution < -0.4 is 4.90 Å². The van der Waals surface area contributed by atoms with Crippen molar-refractivity contribution >= 4 is 5.69 Å². The van der Waals surface area contributed by atoms with Crippen LogP contribution in [0.5, 0.6) is 0 Å². The molecule has 0 bridgehead atoms. The minimum atomic E-state index is 1.21. The fraction of sp³-hybridized carbons (Fsp3) is 0.600. The van der Waals surface area contributed by atoms with Crippen molar-refractivity contribution in [3.63, 3.8) is 0 Å². The highest BCUT2D eigenvalue weighted by Crippen LogP contribution is 2.26. The number of likely N-dealkylation sites (tertiary alicyclic amines) is 1. The molecule has 0 spiro atoms. The van der Waals surface area contributed by atoms with E-state index in [2.05, 4.69) is 34.1 Å². The van der Waals surface area contributed by atoms with Gasteiger partial charge >= 0.3 is 0 Å². The van der Waals surface area contributed by atoms with Gasteiger partial charge in [-0.2, -0.15) is 0 Å². The van der Waals surface area contributed by atoms with E-state index in [9.17, 15) is 0 Å². The molecule has 1 aromatic carbocycles. The third-order valence-electron chi connectivity index (χ3n) is 4.09. The number of anilines is 1.